The van der Waals surface area contributed by atoms with Gasteiger partial charge in [0.1, 0.15) is 0 Å². The first-order chi connectivity index (χ1) is 9.65. The standard InChI is InChI=1S/C12H11N5O2S/c1-7-6-17-10(12(19)14-7)9(15-16-17)11(18)13-5-8-3-2-4-20-8/h2-4,6H,5H2,1H3,(H,13,18)(H,14,19). The van der Waals surface area contributed by atoms with E-state index in [0.717, 1.165) is 4.88 Å². The predicted octanol–water partition coefficient (Wildman–Crippen LogP) is 0.718. The number of rotatable bonds is 3. The number of carbonyl (C=O) groups excluding carboxylic acids is 1. The highest BCUT2D eigenvalue weighted by molar-refractivity contribution is 7.09. The Kier molecular flexibility index (Phi) is 3.07. The summed E-state index contributed by atoms with van der Waals surface area (Å²) in [7, 11) is 0. The van der Waals surface area contributed by atoms with E-state index in [1.807, 2.05) is 17.5 Å². The first-order valence-electron chi connectivity index (χ1n) is 5.90. The van der Waals surface area contributed by atoms with Gasteiger partial charge in [-0.3, -0.25) is 9.59 Å². The molecule has 0 saturated carbocycles. The van der Waals surface area contributed by atoms with Crippen LogP contribution in [0.15, 0.2) is 28.5 Å². The monoisotopic (exact) mass is 289 g/mol. The molecule has 0 spiro atoms. The van der Waals surface area contributed by atoms with Gasteiger partial charge in [-0.2, -0.15) is 0 Å². The van der Waals surface area contributed by atoms with E-state index in [0.29, 0.717) is 12.2 Å². The third-order valence-electron chi connectivity index (χ3n) is 2.75. The van der Waals surface area contributed by atoms with Crippen molar-refractivity contribution in [3.63, 3.8) is 0 Å². The molecule has 0 aromatic carbocycles. The molecule has 0 bridgehead atoms. The molecule has 3 aromatic rings. The van der Waals surface area contributed by atoms with Gasteiger partial charge in [-0.25, -0.2) is 4.52 Å². The van der Waals surface area contributed by atoms with Crippen molar-refractivity contribution in [1.29, 1.82) is 0 Å². The molecule has 1 amide bonds. The predicted molar refractivity (Wildman–Crippen MR) is 73.8 cm³/mol. The molecule has 20 heavy (non-hydrogen) atoms. The number of fused-ring (bicyclic) bond motifs is 1. The van der Waals surface area contributed by atoms with Crippen molar-refractivity contribution >= 4 is 22.8 Å². The van der Waals surface area contributed by atoms with Gasteiger partial charge in [-0.1, -0.05) is 11.3 Å². The lowest BCUT2D eigenvalue weighted by atomic mass is 10.3. The topological polar surface area (TPSA) is 92.2 Å². The molecule has 7 nitrogen and oxygen atoms in total. The third-order valence-corrected chi connectivity index (χ3v) is 3.63. The number of aromatic amines is 1. The quantitative estimate of drug-likeness (QED) is 0.743. The van der Waals surface area contributed by atoms with Crippen LogP contribution in [0.25, 0.3) is 5.52 Å². The van der Waals surface area contributed by atoms with Gasteiger partial charge in [0.2, 0.25) is 0 Å². The summed E-state index contributed by atoms with van der Waals surface area (Å²) in [6.45, 7) is 2.14. The summed E-state index contributed by atoms with van der Waals surface area (Å²) >= 11 is 1.55. The van der Waals surface area contributed by atoms with Crippen LogP contribution >= 0.6 is 11.3 Å². The Morgan fingerprint density at radius 2 is 2.40 bits per heavy atom. The van der Waals surface area contributed by atoms with E-state index in [2.05, 4.69) is 20.6 Å². The maximum absolute atomic E-state index is 12.1. The average molecular weight is 289 g/mol. The third kappa shape index (κ3) is 2.21. The molecule has 0 radical (unpaired) electrons. The van der Waals surface area contributed by atoms with Crippen LogP contribution in [-0.4, -0.2) is 25.7 Å². The van der Waals surface area contributed by atoms with Crippen LogP contribution in [0.1, 0.15) is 21.1 Å². The molecule has 2 N–H and O–H groups in total. The molecular weight excluding hydrogens is 278 g/mol. The number of hydrogen-bond donors (Lipinski definition) is 2. The molecule has 0 aliphatic heterocycles. The van der Waals surface area contributed by atoms with Crippen molar-refractivity contribution in [2.45, 2.75) is 13.5 Å². The first kappa shape index (κ1) is 12.5. The second-order valence-corrected chi connectivity index (χ2v) is 5.29. The number of aryl methyl sites for hydroxylation is 1. The highest BCUT2D eigenvalue weighted by Crippen LogP contribution is 2.08. The number of aromatic nitrogens is 4. The molecule has 0 aliphatic rings. The van der Waals surface area contributed by atoms with E-state index in [4.69, 9.17) is 0 Å². The minimum absolute atomic E-state index is 0.0304. The van der Waals surface area contributed by atoms with Crippen molar-refractivity contribution in [2.24, 2.45) is 0 Å². The lowest BCUT2D eigenvalue weighted by Gasteiger charge is -2.01. The van der Waals surface area contributed by atoms with E-state index >= 15 is 0 Å². The summed E-state index contributed by atoms with van der Waals surface area (Å²) < 4.78 is 1.31. The second-order valence-electron chi connectivity index (χ2n) is 4.26. The Morgan fingerprint density at radius 1 is 1.55 bits per heavy atom. The molecule has 3 aromatic heterocycles. The molecule has 0 aliphatic carbocycles. The Labute approximate surface area is 117 Å². The van der Waals surface area contributed by atoms with Gasteiger partial charge in [0.05, 0.1) is 12.7 Å². The number of hydrogen-bond acceptors (Lipinski definition) is 5. The van der Waals surface area contributed by atoms with E-state index in [1.165, 1.54) is 4.52 Å². The van der Waals surface area contributed by atoms with Crippen molar-refractivity contribution < 1.29 is 4.79 Å². The van der Waals surface area contributed by atoms with E-state index in [9.17, 15) is 9.59 Å². The van der Waals surface area contributed by atoms with Gasteiger partial charge in [0.25, 0.3) is 11.5 Å². The Bertz CT molecular complexity index is 818. The van der Waals surface area contributed by atoms with Crippen LogP contribution in [-0.2, 0) is 6.54 Å². The number of nitrogens with zero attached hydrogens (tertiary/aromatic N) is 3. The van der Waals surface area contributed by atoms with Crippen molar-refractivity contribution in [3.05, 3.63) is 50.3 Å². The zero-order valence-electron chi connectivity index (χ0n) is 10.6. The fourth-order valence-electron chi connectivity index (χ4n) is 1.87. The van der Waals surface area contributed by atoms with Crippen molar-refractivity contribution in [2.75, 3.05) is 0 Å². The lowest BCUT2D eigenvalue weighted by molar-refractivity contribution is 0.0948. The van der Waals surface area contributed by atoms with Gasteiger partial charge < -0.3 is 10.3 Å². The summed E-state index contributed by atoms with van der Waals surface area (Å²) in [6.07, 6.45) is 1.61. The van der Waals surface area contributed by atoms with Crippen LogP contribution in [0, 0.1) is 6.92 Å². The smallest absolute Gasteiger partial charge is 0.276 e. The maximum atomic E-state index is 12.1. The first-order valence-corrected chi connectivity index (χ1v) is 6.78. The average Bonchev–Trinajstić information content (AvgIpc) is 3.04. The van der Waals surface area contributed by atoms with Gasteiger partial charge in [-0.15, -0.1) is 16.4 Å². The Balaban J connectivity index is 1.90. The summed E-state index contributed by atoms with van der Waals surface area (Å²) in [4.78, 5) is 27.6. The molecular formula is C12H11N5O2S. The van der Waals surface area contributed by atoms with Gasteiger partial charge in [0, 0.05) is 10.6 Å². The van der Waals surface area contributed by atoms with E-state index < -0.39 is 5.91 Å². The Hall–Kier alpha value is -2.48. The van der Waals surface area contributed by atoms with Crippen molar-refractivity contribution in [3.8, 4) is 0 Å². The number of thiophene rings is 1. The molecule has 0 atom stereocenters. The fourth-order valence-corrected chi connectivity index (χ4v) is 2.51. The van der Waals surface area contributed by atoms with Crippen LogP contribution in [0.4, 0.5) is 0 Å². The Morgan fingerprint density at radius 3 is 3.15 bits per heavy atom. The maximum Gasteiger partial charge on any atom is 0.276 e. The summed E-state index contributed by atoms with van der Waals surface area (Å²) in [5.41, 5.74) is 0.455. The molecule has 0 unspecified atom stereocenters. The minimum Gasteiger partial charge on any atom is -0.346 e. The number of H-pyrrole nitrogens is 1. The van der Waals surface area contributed by atoms with Crippen LogP contribution < -0.4 is 10.9 Å². The minimum atomic E-state index is -0.414. The van der Waals surface area contributed by atoms with Gasteiger partial charge >= 0.3 is 0 Å². The molecule has 0 saturated heterocycles. The second kappa shape index (κ2) is 4.89. The summed E-state index contributed by atoms with van der Waals surface area (Å²) in [5.74, 6) is -0.414. The summed E-state index contributed by atoms with van der Waals surface area (Å²) in [5, 5.41) is 12.2. The molecule has 8 heteroatoms. The highest BCUT2D eigenvalue weighted by atomic mass is 32.1. The van der Waals surface area contributed by atoms with E-state index in [-0.39, 0.29) is 16.8 Å². The van der Waals surface area contributed by atoms with Gasteiger partial charge in [0.15, 0.2) is 11.2 Å². The molecule has 3 rings (SSSR count). The van der Waals surface area contributed by atoms with Gasteiger partial charge in [-0.05, 0) is 18.4 Å². The zero-order chi connectivity index (χ0) is 14.1. The molecule has 3 heterocycles. The number of nitrogens with one attached hydrogen (secondary N) is 2. The lowest BCUT2D eigenvalue weighted by Crippen LogP contribution is -2.24. The molecule has 102 valence electrons. The SMILES string of the molecule is Cc1cn2nnc(C(=O)NCc3cccs3)c2c(=O)[nH]1. The number of carbonyl (C=O) groups is 1. The van der Waals surface area contributed by atoms with E-state index in [1.54, 1.807) is 24.5 Å². The largest absolute Gasteiger partial charge is 0.346 e. The normalized spacial score (nSPS) is 10.8. The summed E-state index contributed by atoms with van der Waals surface area (Å²) in [6, 6.07) is 3.83. The van der Waals surface area contributed by atoms with Crippen LogP contribution in [0.2, 0.25) is 0 Å². The van der Waals surface area contributed by atoms with Crippen LogP contribution in [0.3, 0.4) is 0 Å². The molecule has 0 fully saturated rings. The van der Waals surface area contributed by atoms with Crippen molar-refractivity contribution in [1.82, 2.24) is 25.1 Å². The highest BCUT2D eigenvalue weighted by Gasteiger charge is 2.17. The fraction of sp³-hybridized carbons (Fsp3) is 0.167. The van der Waals surface area contributed by atoms with Crippen LogP contribution in [0.5, 0.6) is 0 Å². The number of amides is 1. The zero-order valence-corrected chi connectivity index (χ0v) is 11.4.